The van der Waals surface area contributed by atoms with E-state index in [0.29, 0.717) is 0 Å². The molecule has 0 aliphatic rings. The molecule has 0 amide bonds. The maximum Gasteiger partial charge on any atom is 0.0842 e. The van der Waals surface area contributed by atoms with Gasteiger partial charge in [0.05, 0.1) is 21.4 Å². The van der Waals surface area contributed by atoms with Crippen LogP contribution in [0.1, 0.15) is 32.2 Å². The molecule has 0 atom stereocenters. The van der Waals surface area contributed by atoms with Gasteiger partial charge in [0.25, 0.3) is 0 Å². The topological polar surface area (TPSA) is 17.8 Å². The summed E-state index contributed by atoms with van der Waals surface area (Å²) in [5, 5.41) is 0. The zero-order chi connectivity index (χ0) is 9.52. The summed E-state index contributed by atoms with van der Waals surface area (Å²) < 4.78 is 2.34. The fourth-order valence-electron chi connectivity index (χ4n) is 1.77. The van der Waals surface area contributed by atoms with Crippen molar-refractivity contribution in [2.75, 3.05) is 0 Å². The Labute approximate surface area is 77.4 Å². The lowest BCUT2D eigenvalue weighted by molar-refractivity contribution is 0.398. The van der Waals surface area contributed by atoms with Gasteiger partial charge in [-0.2, -0.15) is 0 Å². The van der Waals surface area contributed by atoms with Gasteiger partial charge in [-0.05, 0) is 34.6 Å². The van der Waals surface area contributed by atoms with E-state index in [-0.39, 0.29) is 5.54 Å². The highest BCUT2D eigenvalue weighted by Gasteiger charge is 2.18. The summed E-state index contributed by atoms with van der Waals surface area (Å²) in [5.41, 5.74) is 3.92. The van der Waals surface area contributed by atoms with Crippen LogP contribution in [0.15, 0.2) is 0 Å². The van der Waals surface area contributed by atoms with E-state index in [1.54, 1.807) is 0 Å². The molecule has 1 aromatic heterocycles. The van der Waals surface area contributed by atoms with Crippen LogP contribution >= 0.6 is 0 Å². The number of nitrogens with zero attached hydrogens (tertiary/aromatic N) is 2. The Morgan fingerprint density at radius 1 is 1.25 bits per heavy atom. The third kappa shape index (κ3) is 1.46. The van der Waals surface area contributed by atoms with Crippen molar-refractivity contribution >= 4 is 15.7 Å². The normalized spacial score (nSPS) is 12.4. The van der Waals surface area contributed by atoms with Gasteiger partial charge in [0.2, 0.25) is 0 Å². The summed E-state index contributed by atoms with van der Waals surface area (Å²) >= 11 is 0. The molecule has 0 saturated heterocycles. The van der Waals surface area contributed by atoms with Crippen LogP contribution in [0.3, 0.4) is 0 Å². The molecule has 12 heavy (non-hydrogen) atoms. The fraction of sp³-hybridized carbons (Fsp3) is 0.667. The highest BCUT2D eigenvalue weighted by Crippen LogP contribution is 2.16. The van der Waals surface area contributed by atoms with E-state index in [2.05, 4.69) is 44.2 Å². The number of hydrogen-bond donors (Lipinski definition) is 0. The van der Waals surface area contributed by atoms with Crippen molar-refractivity contribution in [3.8, 4) is 0 Å². The van der Waals surface area contributed by atoms with Crippen LogP contribution in [0.5, 0.6) is 0 Å². The molecule has 1 aromatic rings. The third-order valence-electron chi connectivity index (χ3n) is 2.18. The molecule has 2 nitrogen and oxygen atoms in total. The van der Waals surface area contributed by atoms with Crippen LogP contribution in [0.2, 0.25) is 0 Å². The van der Waals surface area contributed by atoms with Gasteiger partial charge in [-0.3, -0.25) is 0 Å². The molecule has 0 fully saturated rings. The Balaban J connectivity index is 3.32. The first-order valence-corrected chi connectivity index (χ1v) is 5.37. The Hall–Kier alpha value is -0.573. The molecule has 1 rings (SSSR count). The Bertz CT molecular complexity index is 294. The van der Waals surface area contributed by atoms with Gasteiger partial charge in [0.15, 0.2) is 0 Å². The van der Waals surface area contributed by atoms with E-state index >= 15 is 0 Å². The Kier molecular flexibility index (Phi) is 2.16. The highest BCUT2D eigenvalue weighted by atomic mass is 28.1. The molecule has 0 bridgehead atoms. The van der Waals surface area contributed by atoms with Crippen LogP contribution in [0.25, 0.3) is 0 Å². The molecule has 0 N–H and O–H groups in total. The van der Waals surface area contributed by atoms with Crippen molar-refractivity contribution in [2.24, 2.45) is 0 Å². The molecule has 0 aromatic carbocycles. The number of imidazole rings is 1. The summed E-state index contributed by atoms with van der Waals surface area (Å²) in [7, 11) is 1.03. The van der Waals surface area contributed by atoms with E-state index in [4.69, 9.17) is 0 Å². The number of hydrogen-bond acceptors (Lipinski definition) is 1. The average molecular weight is 182 g/mol. The lowest BCUT2D eigenvalue weighted by Crippen LogP contribution is -2.33. The predicted octanol–water partition coefficient (Wildman–Crippen LogP) is 0.246. The zero-order valence-electron chi connectivity index (χ0n) is 8.89. The summed E-state index contributed by atoms with van der Waals surface area (Å²) in [6, 6.07) is 0. The first-order chi connectivity index (χ1) is 5.34. The van der Waals surface area contributed by atoms with Crippen LogP contribution in [-0.2, 0) is 5.54 Å². The standard InChI is InChI=1S/C9H18N2Si/c1-6-7(2)11(8(12)10-6)9(3,4)5/h1-5,12H3. The first kappa shape index (κ1) is 9.51. The highest BCUT2D eigenvalue weighted by molar-refractivity contribution is 6.29. The van der Waals surface area contributed by atoms with Crippen molar-refractivity contribution in [3.63, 3.8) is 0 Å². The summed E-state index contributed by atoms with van der Waals surface area (Å²) in [4.78, 5) is 4.50. The molecular formula is C9H18N2Si. The van der Waals surface area contributed by atoms with Crippen LogP contribution in [-0.4, -0.2) is 19.8 Å². The van der Waals surface area contributed by atoms with E-state index < -0.39 is 0 Å². The van der Waals surface area contributed by atoms with Gasteiger partial charge in [0.1, 0.15) is 0 Å². The van der Waals surface area contributed by atoms with E-state index in [0.717, 1.165) is 10.2 Å². The smallest absolute Gasteiger partial charge is 0.0842 e. The summed E-state index contributed by atoms with van der Waals surface area (Å²) in [6.07, 6.45) is 0. The second-order valence-corrected chi connectivity index (χ2v) is 5.23. The third-order valence-corrected chi connectivity index (χ3v) is 2.85. The minimum atomic E-state index is 0.183. The number of aromatic nitrogens is 2. The van der Waals surface area contributed by atoms with Gasteiger partial charge >= 0.3 is 0 Å². The molecule has 0 unspecified atom stereocenters. The monoisotopic (exact) mass is 182 g/mol. The lowest BCUT2D eigenvalue weighted by atomic mass is 10.1. The molecule has 3 heteroatoms. The fourth-order valence-corrected chi connectivity index (χ4v) is 3.11. The minimum Gasteiger partial charge on any atom is -0.332 e. The van der Waals surface area contributed by atoms with Crippen LogP contribution in [0.4, 0.5) is 0 Å². The lowest BCUT2D eigenvalue weighted by Gasteiger charge is -2.24. The van der Waals surface area contributed by atoms with Gasteiger partial charge in [-0.25, -0.2) is 4.98 Å². The number of rotatable bonds is 0. The second kappa shape index (κ2) is 2.73. The SMILES string of the molecule is Cc1nc([SiH3])n(C(C)(C)C)c1C. The Morgan fingerprint density at radius 3 is 1.92 bits per heavy atom. The van der Waals surface area contributed by atoms with Gasteiger partial charge in [-0.1, -0.05) is 0 Å². The van der Waals surface area contributed by atoms with Crippen molar-refractivity contribution in [3.05, 3.63) is 11.4 Å². The average Bonchev–Trinajstić information content (AvgIpc) is 2.05. The molecule has 0 aliphatic heterocycles. The number of aryl methyl sites for hydroxylation is 1. The molecule has 0 saturated carbocycles. The second-order valence-electron chi connectivity index (χ2n) is 4.34. The summed E-state index contributed by atoms with van der Waals surface area (Å²) in [6.45, 7) is 10.9. The molecule has 1 heterocycles. The van der Waals surface area contributed by atoms with Crippen LogP contribution < -0.4 is 5.45 Å². The maximum absolute atomic E-state index is 4.50. The minimum absolute atomic E-state index is 0.183. The predicted molar refractivity (Wildman–Crippen MR) is 56.3 cm³/mol. The van der Waals surface area contributed by atoms with E-state index in [9.17, 15) is 0 Å². The van der Waals surface area contributed by atoms with Crippen molar-refractivity contribution in [1.29, 1.82) is 0 Å². The largest absolute Gasteiger partial charge is 0.332 e. The molecular weight excluding hydrogens is 164 g/mol. The summed E-state index contributed by atoms with van der Waals surface area (Å²) in [5.74, 6) is 0. The molecule has 0 radical (unpaired) electrons. The van der Waals surface area contributed by atoms with Crippen molar-refractivity contribution in [1.82, 2.24) is 9.55 Å². The molecule has 0 spiro atoms. The van der Waals surface area contributed by atoms with E-state index in [1.165, 1.54) is 16.8 Å². The van der Waals surface area contributed by atoms with Crippen LogP contribution in [0, 0.1) is 13.8 Å². The van der Waals surface area contributed by atoms with E-state index in [1.807, 2.05) is 0 Å². The van der Waals surface area contributed by atoms with Gasteiger partial charge in [-0.15, -0.1) is 0 Å². The van der Waals surface area contributed by atoms with Gasteiger partial charge < -0.3 is 4.57 Å². The Morgan fingerprint density at radius 2 is 1.75 bits per heavy atom. The van der Waals surface area contributed by atoms with Gasteiger partial charge in [0, 0.05) is 11.2 Å². The molecule has 0 aliphatic carbocycles. The van der Waals surface area contributed by atoms with Crippen molar-refractivity contribution < 1.29 is 0 Å². The quantitative estimate of drug-likeness (QED) is 0.526. The molecule has 68 valence electrons. The maximum atomic E-state index is 4.50. The van der Waals surface area contributed by atoms with Crippen molar-refractivity contribution in [2.45, 2.75) is 40.2 Å². The first-order valence-electron chi connectivity index (χ1n) is 4.37. The zero-order valence-corrected chi connectivity index (χ0v) is 10.9.